The third kappa shape index (κ3) is 4.11. The Morgan fingerprint density at radius 2 is 1.76 bits per heavy atom. The van der Waals surface area contributed by atoms with Gasteiger partial charge in [0.15, 0.2) is 0 Å². The lowest BCUT2D eigenvalue weighted by molar-refractivity contribution is 0.518. The Balaban J connectivity index is 2.36. The molecule has 1 aromatic heterocycles. The third-order valence-electron chi connectivity index (χ3n) is 3.24. The van der Waals surface area contributed by atoms with Crippen molar-refractivity contribution < 1.29 is 4.39 Å². The minimum Gasteiger partial charge on any atom is -0.302 e. The van der Waals surface area contributed by atoms with Crippen molar-refractivity contribution in [3.8, 4) is 0 Å². The summed E-state index contributed by atoms with van der Waals surface area (Å²) >= 11 is 1.66. The van der Waals surface area contributed by atoms with Crippen LogP contribution in [0.2, 0.25) is 0 Å². The van der Waals surface area contributed by atoms with E-state index in [0.717, 1.165) is 16.3 Å². The number of rotatable bonds is 4. The first-order valence-corrected chi connectivity index (χ1v) is 8.13. The van der Waals surface area contributed by atoms with E-state index in [9.17, 15) is 4.39 Å². The van der Waals surface area contributed by atoms with Crippen molar-refractivity contribution in [1.29, 1.82) is 0 Å². The van der Waals surface area contributed by atoms with Crippen molar-refractivity contribution >= 4 is 11.3 Å². The van der Waals surface area contributed by atoms with Crippen molar-refractivity contribution in [3.63, 3.8) is 0 Å². The van der Waals surface area contributed by atoms with Gasteiger partial charge in [-0.1, -0.05) is 32.9 Å². The zero-order chi connectivity index (χ0) is 15.6. The zero-order valence-electron chi connectivity index (χ0n) is 13.3. The average molecular weight is 306 g/mol. The second-order valence-electron chi connectivity index (χ2n) is 6.63. The summed E-state index contributed by atoms with van der Waals surface area (Å²) in [7, 11) is 0. The molecule has 0 aliphatic carbocycles. The fraction of sp³-hybridized carbons (Fsp3) is 0.471. The minimum absolute atomic E-state index is 0.00620. The van der Waals surface area contributed by atoms with E-state index in [4.69, 9.17) is 4.98 Å². The monoisotopic (exact) mass is 306 g/mol. The molecule has 0 aliphatic rings. The lowest BCUT2D eigenvalue weighted by Gasteiger charge is -2.20. The maximum Gasteiger partial charge on any atom is 0.123 e. The van der Waals surface area contributed by atoms with Crippen LogP contribution in [0.15, 0.2) is 29.6 Å². The Labute approximate surface area is 130 Å². The van der Waals surface area contributed by atoms with E-state index in [1.54, 1.807) is 11.3 Å². The molecule has 2 rings (SSSR count). The first-order valence-electron chi connectivity index (χ1n) is 7.25. The van der Waals surface area contributed by atoms with E-state index in [1.165, 1.54) is 12.1 Å². The molecule has 21 heavy (non-hydrogen) atoms. The van der Waals surface area contributed by atoms with Crippen LogP contribution in [0, 0.1) is 5.82 Å². The first kappa shape index (κ1) is 16.1. The van der Waals surface area contributed by atoms with Gasteiger partial charge < -0.3 is 5.32 Å². The molecule has 0 saturated heterocycles. The minimum atomic E-state index is -0.212. The van der Waals surface area contributed by atoms with Crippen LogP contribution in [-0.2, 0) is 5.41 Å². The standard InChI is InChI=1S/C17H23FN2S/c1-11(2)19-15(12-6-8-13(18)9-7-12)16-20-14(10-21-16)17(3,4)5/h6-11,15,19H,1-5H3. The van der Waals surface area contributed by atoms with E-state index >= 15 is 0 Å². The molecule has 1 heterocycles. The molecule has 1 unspecified atom stereocenters. The molecule has 0 fully saturated rings. The van der Waals surface area contributed by atoms with E-state index < -0.39 is 0 Å². The number of thiazole rings is 1. The van der Waals surface area contributed by atoms with Gasteiger partial charge in [0.25, 0.3) is 0 Å². The van der Waals surface area contributed by atoms with Crippen molar-refractivity contribution in [1.82, 2.24) is 10.3 Å². The van der Waals surface area contributed by atoms with Gasteiger partial charge in [-0.15, -0.1) is 11.3 Å². The third-order valence-corrected chi connectivity index (χ3v) is 4.15. The second kappa shape index (κ2) is 6.24. The van der Waals surface area contributed by atoms with Crippen molar-refractivity contribution in [2.45, 2.75) is 52.1 Å². The van der Waals surface area contributed by atoms with Gasteiger partial charge in [0.05, 0.1) is 11.7 Å². The van der Waals surface area contributed by atoms with Gasteiger partial charge in [-0.2, -0.15) is 0 Å². The molecule has 0 bridgehead atoms. The van der Waals surface area contributed by atoms with Crippen LogP contribution < -0.4 is 5.32 Å². The highest BCUT2D eigenvalue weighted by Crippen LogP contribution is 2.30. The molecule has 0 radical (unpaired) electrons. The van der Waals surface area contributed by atoms with Gasteiger partial charge >= 0.3 is 0 Å². The lowest BCUT2D eigenvalue weighted by Crippen LogP contribution is -2.29. The highest BCUT2D eigenvalue weighted by molar-refractivity contribution is 7.09. The number of nitrogens with zero attached hydrogens (tertiary/aromatic N) is 1. The molecule has 0 saturated carbocycles. The van der Waals surface area contributed by atoms with Crippen molar-refractivity contribution in [3.05, 3.63) is 51.7 Å². The molecule has 1 aromatic carbocycles. The molecule has 0 aliphatic heterocycles. The van der Waals surface area contributed by atoms with Gasteiger partial charge in [-0.3, -0.25) is 0 Å². The zero-order valence-corrected chi connectivity index (χ0v) is 14.1. The maximum absolute atomic E-state index is 13.1. The molecule has 114 valence electrons. The topological polar surface area (TPSA) is 24.9 Å². The molecular formula is C17H23FN2S. The van der Waals surface area contributed by atoms with E-state index in [-0.39, 0.29) is 17.3 Å². The van der Waals surface area contributed by atoms with E-state index in [2.05, 4.69) is 45.3 Å². The summed E-state index contributed by atoms with van der Waals surface area (Å²) in [6.45, 7) is 10.7. The number of hydrogen-bond acceptors (Lipinski definition) is 3. The number of nitrogens with one attached hydrogen (secondary N) is 1. The fourth-order valence-corrected chi connectivity index (χ4v) is 3.19. The average Bonchev–Trinajstić information content (AvgIpc) is 2.86. The molecule has 2 nitrogen and oxygen atoms in total. The molecule has 0 amide bonds. The van der Waals surface area contributed by atoms with Crippen LogP contribution in [0.4, 0.5) is 4.39 Å². The molecular weight excluding hydrogens is 283 g/mol. The summed E-state index contributed by atoms with van der Waals surface area (Å²) < 4.78 is 13.1. The van der Waals surface area contributed by atoms with Crippen molar-refractivity contribution in [2.24, 2.45) is 0 Å². The van der Waals surface area contributed by atoms with E-state index in [1.807, 2.05) is 12.1 Å². The molecule has 0 spiro atoms. The number of hydrogen-bond donors (Lipinski definition) is 1. The highest BCUT2D eigenvalue weighted by atomic mass is 32.1. The Bertz CT molecular complexity index is 582. The SMILES string of the molecule is CC(C)NC(c1ccc(F)cc1)c1nc(C(C)(C)C)cs1. The molecule has 1 atom stereocenters. The van der Waals surface area contributed by atoms with Crippen LogP contribution in [-0.4, -0.2) is 11.0 Å². The molecule has 4 heteroatoms. The van der Waals surface area contributed by atoms with Crippen LogP contribution in [0.3, 0.4) is 0 Å². The summed E-state index contributed by atoms with van der Waals surface area (Å²) in [6.07, 6.45) is 0. The first-order chi connectivity index (χ1) is 9.77. The Hall–Kier alpha value is -1.26. The summed E-state index contributed by atoms with van der Waals surface area (Å²) in [5, 5.41) is 6.67. The van der Waals surface area contributed by atoms with Gasteiger partial charge in [-0.25, -0.2) is 9.37 Å². The molecule has 2 aromatic rings. The summed E-state index contributed by atoms with van der Waals surface area (Å²) in [4.78, 5) is 4.80. The van der Waals surface area contributed by atoms with Gasteiger partial charge in [0, 0.05) is 16.8 Å². The van der Waals surface area contributed by atoms with Crippen LogP contribution in [0.25, 0.3) is 0 Å². The van der Waals surface area contributed by atoms with Gasteiger partial charge in [0.2, 0.25) is 0 Å². The smallest absolute Gasteiger partial charge is 0.123 e. The summed E-state index contributed by atoms with van der Waals surface area (Å²) in [5.41, 5.74) is 2.18. The number of benzene rings is 1. The normalized spacial score (nSPS) is 13.7. The maximum atomic E-state index is 13.1. The van der Waals surface area contributed by atoms with Crippen LogP contribution in [0.1, 0.15) is 56.9 Å². The van der Waals surface area contributed by atoms with Gasteiger partial charge in [0.1, 0.15) is 10.8 Å². The Morgan fingerprint density at radius 1 is 1.14 bits per heavy atom. The fourth-order valence-electron chi connectivity index (χ4n) is 2.06. The van der Waals surface area contributed by atoms with Crippen molar-refractivity contribution in [2.75, 3.05) is 0 Å². The number of halogens is 1. The van der Waals surface area contributed by atoms with Crippen LogP contribution >= 0.6 is 11.3 Å². The van der Waals surface area contributed by atoms with Crippen LogP contribution in [0.5, 0.6) is 0 Å². The van der Waals surface area contributed by atoms with Gasteiger partial charge in [-0.05, 0) is 31.5 Å². The predicted molar refractivity (Wildman–Crippen MR) is 87.3 cm³/mol. The quantitative estimate of drug-likeness (QED) is 0.888. The number of aromatic nitrogens is 1. The lowest BCUT2D eigenvalue weighted by atomic mass is 9.93. The Kier molecular flexibility index (Phi) is 4.79. The highest BCUT2D eigenvalue weighted by Gasteiger charge is 2.23. The summed E-state index contributed by atoms with van der Waals surface area (Å²) in [5.74, 6) is -0.212. The predicted octanol–water partition coefficient (Wildman–Crippen LogP) is 4.67. The van der Waals surface area contributed by atoms with E-state index in [0.29, 0.717) is 6.04 Å². The molecule has 1 N–H and O–H groups in total. The Morgan fingerprint density at radius 3 is 2.24 bits per heavy atom. The second-order valence-corrected chi connectivity index (χ2v) is 7.52. The largest absolute Gasteiger partial charge is 0.302 e. The summed E-state index contributed by atoms with van der Waals surface area (Å²) in [6, 6.07) is 6.99.